The zero-order chi connectivity index (χ0) is 14.1. The number of nitrogens with zero attached hydrogens (tertiary/aromatic N) is 5. The lowest BCUT2D eigenvalue weighted by atomic mass is 10.2. The number of rotatable bonds is 2. The molecule has 0 N–H and O–H groups in total. The minimum Gasteiger partial charge on any atom is -0.256 e. The maximum atomic E-state index is 13.7. The highest BCUT2D eigenvalue weighted by atomic mass is 19.1. The molecule has 3 aromatic heterocycles. The third kappa shape index (κ3) is 1.87. The fourth-order valence-corrected chi connectivity index (χ4v) is 1.93. The van der Waals surface area contributed by atoms with E-state index in [1.807, 2.05) is 0 Å². The average Bonchev–Trinajstić information content (AvgIpc) is 2.81. The quantitative estimate of drug-likeness (QED) is 0.715. The van der Waals surface area contributed by atoms with Crippen molar-refractivity contribution in [3.8, 4) is 6.07 Å². The van der Waals surface area contributed by atoms with Crippen LogP contribution >= 0.6 is 0 Å². The summed E-state index contributed by atoms with van der Waals surface area (Å²) in [5, 5.41) is 13.0. The molecule has 7 heteroatoms. The predicted octanol–water partition coefficient (Wildman–Crippen LogP) is 2.02. The molecule has 0 saturated heterocycles. The summed E-state index contributed by atoms with van der Waals surface area (Å²) in [5.41, 5.74) is 0.251. The van der Waals surface area contributed by atoms with E-state index >= 15 is 0 Å². The lowest BCUT2D eigenvalue weighted by Crippen LogP contribution is -2.06. The summed E-state index contributed by atoms with van der Waals surface area (Å²) in [6, 6.07) is 5.70. The van der Waals surface area contributed by atoms with Gasteiger partial charge in [-0.25, -0.2) is 18.4 Å². The first-order valence-electron chi connectivity index (χ1n) is 5.71. The zero-order valence-electron chi connectivity index (χ0n) is 10.1. The first-order valence-corrected chi connectivity index (χ1v) is 5.71. The molecule has 0 atom stereocenters. The van der Waals surface area contributed by atoms with E-state index in [-0.39, 0.29) is 29.0 Å². The first-order chi connectivity index (χ1) is 9.70. The van der Waals surface area contributed by atoms with Crippen LogP contribution < -0.4 is 0 Å². The van der Waals surface area contributed by atoms with Gasteiger partial charge in [-0.15, -0.1) is 0 Å². The van der Waals surface area contributed by atoms with Gasteiger partial charge in [0.15, 0.2) is 11.3 Å². The van der Waals surface area contributed by atoms with Gasteiger partial charge in [0.05, 0.1) is 17.6 Å². The third-order valence-corrected chi connectivity index (χ3v) is 2.82. The van der Waals surface area contributed by atoms with Crippen LogP contribution in [0.25, 0.3) is 11.0 Å². The van der Waals surface area contributed by atoms with E-state index in [1.54, 1.807) is 6.07 Å². The van der Waals surface area contributed by atoms with Gasteiger partial charge in [0.1, 0.15) is 17.7 Å². The molecule has 0 amide bonds. The van der Waals surface area contributed by atoms with E-state index in [4.69, 9.17) is 5.26 Å². The molecule has 0 aromatic carbocycles. The van der Waals surface area contributed by atoms with Gasteiger partial charge in [-0.3, -0.25) is 4.98 Å². The van der Waals surface area contributed by atoms with E-state index < -0.39 is 11.6 Å². The number of halogens is 2. The number of hydrogen-bond acceptors (Lipinski definition) is 4. The highest BCUT2D eigenvalue weighted by molar-refractivity contribution is 5.81. The molecule has 0 radical (unpaired) electrons. The molecular weight excluding hydrogens is 264 g/mol. The summed E-state index contributed by atoms with van der Waals surface area (Å²) in [6.07, 6.45) is 2.72. The lowest BCUT2D eigenvalue weighted by molar-refractivity contribution is 0.574. The smallest absolute Gasteiger partial charge is 0.174 e. The average molecular weight is 271 g/mol. The van der Waals surface area contributed by atoms with Crippen molar-refractivity contribution in [2.75, 3.05) is 0 Å². The highest BCUT2D eigenvalue weighted by Crippen LogP contribution is 2.20. The Morgan fingerprint density at radius 3 is 2.75 bits per heavy atom. The van der Waals surface area contributed by atoms with E-state index in [1.165, 1.54) is 29.2 Å². The molecule has 98 valence electrons. The minimum atomic E-state index is -0.584. The van der Waals surface area contributed by atoms with Gasteiger partial charge in [0.25, 0.3) is 0 Å². The Morgan fingerprint density at radius 1 is 1.15 bits per heavy atom. The predicted molar refractivity (Wildman–Crippen MR) is 65.5 cm³/mol. The van der Waals surface area contributed by atoms with Crippen molar-refractivity contribution < 1.29 is 8.78 Å². The molecule has 20 heavy (non-hydrogen) atoms. The van der Waals surface area contributed by atoms with Crippen molar-refractivity contribution in [3.63, 3.8) is 0 Å². The molecule has 0 bridgehead atoms. The summed E-state index contributed by atoms with van der Waals surface area (Å²) < 4.78 is 28.6. The second kappa shape index (κ2) is 4.66. The molecule has 3 heterocycles. The van der Waals surface area contributed by atoms with Crippen LogP contribution in [0.3, 0.4) is 0 Å². The van der Waals surface area contributed by atoms with Crippen molar-refractivity contribution in [2.45, 2.75) is 6.54 Å². The molecule has 0 aliphatic carbocycles. The molecule has 3 aromatic rings. The number of aromatic nitrogens is 4. The molecular formula is C13H7F2N5. The van der Waals surface area contributed by atoms with E-state index in [9.17, 15) is 8.78 Å². The van der Waals surface area contributed by atoms with Crippen LogP contribution in [-0.2, 0) is 6.54 Å². The van der Waals surface area contributed by atoms with Crippen LogP contribution in [0, 0.1) is 23.0 Å². The van der Waals surface area contributed by atoms with Gasteiger partial charge >= 0.3 is 0 Å². The summed E-state index contributed by atoms with van der Waals surface area (Å²) in [5.74, 6) is -1.08. The maximum absolute atomic E-state index is 13.7. The number of pyridine rings is 2. The van der Waals surface area contributed by atoms with Gasteiger partial charge in [-0.1, -0.05) is 0 Å². The van der Waals surface area contributed by atoms with Crippen LogP contribution in [-0.4, -0.2) is 19.7 Å². The molecule has 5 nitrogen and oxygen atoms in total. The Labute approximate surface area is 112 Å². The summed E-state index contributed by atoms with van der Waals surface area (Å²) in [4.78, 5) is 7.89. The van der Waals surface area contributed by atoms with Gasteiger partial charge in [-0.2, -0.15) is 10.4 Å². The van der Waals surface area contributed by atoms with E-state index in [0.717, 1.165) is 6.07 Å². The van der Waals surface area contributed by atoms with Crippen LogP contribution in [0.4, 0.5) is 8.78 Å². The summed E-state index contributed by atoms with van der Waals surface area (Å²) in [6.45, 7) is -0.0265. The molecule has 0 spiro atoms. The Morgan fingerprint density at radius 2 is 2.00 bits per heavy atom. The Hall–Kier alpha value is -2.88. The van der Waals surface area contributed by atoms with E-state index in [0.29, 0.717) is 0 Å². The fraction of sp³-hybridized carbons (Fsp3) is 0.0769. The normalized spacial score (nSPS) is 10.7. The standard InChI is InChI=1S/C13H7F2N5/c14-8-2-1-4-17-11(8)7-20-13-12(10(6-16)19-20)9(15)3-5-18-13/h1-5H,7H2. The van der Waals surface area contributed by atoms with Gasteiger partial charge in [-0.05, 0) is 18.2 Å². The number of hydrogen-bond donors (Lipinski definition) is 0. The molecule has 0 aliphatic heterocycles. The number of nitriles is 1. The van der Waals surface area contributed by atoms with E-state index in [2.05, 4.69) is 15.1 Å². The van der Waals surface area contributed by atoms with Crippen LogP contribution in [0.2, 0.25) is 0 Å². The second-order valence-corrected chi connectivity index (χ2v) is 4.04. The van der Waals surface area contributed by atoms with Crippen molar-refractivity contribution in [1.29, 1.82) is 5.26 Å². The van der Waals surface area contributed by atoms with Gasteiger partial charge in [0.2, 0.25) is 0 Å². The van der Waals surface area contributed by atoms with Crippen molar-refractivity contribution in [1.82, 2.24) is 19.7 Å². The minimum absolute atomic E-state index is 0.0265. The fourth-order valence-electron chi connectivity index (χ4n) is 1.93. The summed E-state index contributed by atoms with van der Waals surface area (Å²) in [7, 11) is 0. The topological polar surface area (TPSA) is 67.4 Å². The third-order valence-electron chi connectivity index (χ3n) is 2.82. The SMILES string of the molecule is N#Cc1nn(Cc2ncccc2F)c2nccc(F)c12. The van der Waals surface area contributed by atoms with Crippen LogP contribution in [0.15, 0.2) is 30.6 Å². The van der Waals surface area contributed by atoms with Gasteiger partial charge in [0, 0.05) is 12.4 Å². The Bertz CT molecular complexity index is 834. The highest BCUT2D eigenvalue weighted by Gasteiger charge is 2.16. The van der Waals surface area contributed by atoms with Crippen LogP contribution in [0.5, 0.6) is 0 Å². The maximum Gasteiger partial charge on any atom is 0.174 e. The Balaban J connectivity index is 2.16. The number of fused-ring (bicyclic) bond motifs is 1. The van der Waals surface area contributed by atoms with Crippen LogP contribution in [0.1, 0.15) is 11.4 Å². The van der Waals surface area contributed by atoms with Crippen molar-refractivity contribution >= 4 is 11.0 Å². The molecule has 3 rings (SSSR count). The molecule has 0 saturated carbocycles. The zero-order valence-corrected chi connectivity index (χ0v) is 10.1. The largest absolute Gasteiger partial charge is 0.256 e. The summed E-state index contributed by atoms with van der Waals surface area (Å²) >= 11 is 0. The molecule has 0 aliphatic rings. The molecule has 0 fully saturated rings. The van der Waals surface area contributed by atoms with Gasteiger partial charge < -0.3 is 0 Å². The monoisotopic (exact) mass is 271 g/mol. The van der Waals surface area contributed by atoms with Crippen molar-refractivity contribution in [3.05, 3.63) is 53.6 Å². The molecule has 0 unspecified atom stereocenters. The Kier molecular flexibility index (Phi) is 2.84. The lowest BCUT2D eigenvalue weighted by Gasteiger charge is -2.03. The second-order valence-electron chi connectivity index (χ2n) is 4.04. The first kappa shape index (κ1) is 12.2. The van der Waals surface area contributed by atoms with Crippen molar-refractivity contribution in [2.24, 2.45) is 0 Å².